The van der Waals surface area contributed by atoms with Gasteiger partial charge in [-0.25, -0.2) is 13.6 Å². The normalized spacial score (nSPS) is 20.1. The molecule has 0 spiro atoms. The van der Waals surface area contributed by atoms with Gasteiger partial charge in [-0.2, -0.15) is 5.10 Å². The molecule has 2 aromatic rings. The standard InChI is InChI=1S/C23H30F2N4O2/c24-23(25)7-10-28(11-8-23)12-13-29-16-20(17-4-2-1-3-5-17)21(27-29)14-18-15-26-9-6-19(18)22(30)31/h6,9,15-17H,1-5,7-8,10-14H2,(H,30,31). The fourth-order valence-corrected chi connectivity index (χ4v) is 4.79. The number of piperidine rings is 1. The molecule has 1 aliphatic carbocycles. The van der Waals surface area contributed by atoms with Gasteiger partial charge >= 0.3 is 5.97 Å². The molecule has 2 aromatic heterocycles. The lowest BCUT2D eigenvalue weighted by atomic mass is 9.83. The third-order valence-electron chi connectivity index (χ3n) is 6.64. The van der Waals surface area contributed by atoms with Crippen LogP contribution in [0.15, 0.2) is 24.7 Å². The summed E-state index contributed by atoms with van der Waals surface area (Å²) < 4.78 is 28.7. The zero-order chi connectivity index (χ0) is 21.8. The molecule has 0 bridgehead atoms. The molecule has 0 aromatic carbocycles. The van der Waals surface area contributed by atoms with Crippen molar-refractivity contribution in [2.45, 2.75) is 69.8 Å². The van der Waals surface area contributed by atoms with Crippen molar-refractivity contribution in [2.24, 2.45) is 0 Å². The van der Waals surface area contributed by atoms with Gasteiger partial charge in [-0.3, -0.25) is 9.67 Å². The molecule has 0 radical (unpaired) electrons. The first-order chi connectivity index (χ1) is 14.9. The van der Waals surface area contributed by atoms with Gasteiger partial charge in [0, 0.05) is 57.5 Å². The van der Waals surface area contributed by atoms with E-state index in [9.17, 15) is 18.7 Å². The maximum Gasteiger partial charge on any atom is 0.336 e. The van der Waals surface area contributed by atoms with Gasteiger partial charge in [0.15, 0.2) is 0 Å². The summed E-state index contributed by atoms with van der Waals surface area (Å²) in [7, 11) is 0. The number of rotatable bonds is 7. The average molecular weight is 433 g/mol. The number of likely N-dealkylation sites (tertiary alicyclic amines) is 1. The van der Waals surface area contributed by atoms with Gasteiger partial charge in [-0.1, -0.05) is 19.3 Å². The van der Waals surface area contributed by atoms with Gasteiger partial charge < -0.3 is 10.0 Å². The third-order valence-corrected chi connectivity index (χ3v) is 6.64. The molecular weight excluding hydrogens is 402 g/mol. The first-order valence-electron chi connectivity index (χ1n) is 11.2. The SMILES string of the molecule is O=C(O)c1ccncc1Cc1nn(CCN2CCC(F)(F)CC2)cc1C1CCCCC1. The lowest BCUT2D eigenvalue weighted by molar-refractivity contribution is -0.0555. The summed E-state index contributed by atoms with van der Waals surface area (Å²) in [6.45, 7) is 2.15. The Kier molecular flexibility index (Phi) is 6.65. The van der Waals surface area contributed by atoms with Crippen LogP contribution in [0.25, 0.3) is 0 Å². The lowest BCUT2D eigenvalue weighted by Gasteiger charge is -2.31. The minimum Gasteiger partial charge on any atom is -0.478 e. The zero-order valence-electron chi connectivity index (χ0n) is 17.8. The van der Waals surface area contributed by atoms with E-state index in [4.69, 9.17) is 5.10 Å². The van der Waals surface area contributed by atoms with Crippen molar-refractivity contribution < 1.29 is 18.7 Å². The number of halogens is 2. The van der Waals surface area contributed by atoms with Crippen LogP contribution in [-0.2, 0) is 13.0 Å². The summed E-state index contributed by atoms with van der Waals surface area (Å²) in [5.41, 5.74) is 3.03. The summed E-state index contributed by atoms with van der Waals surface area (Å²) in [6.07, 6.45) is 11.4. The van der Waals surface area contributed by atoms with E-state index in [1.54, 1.807) is 6.20 Å². The number of nitrogens with zero attached hydrogens (tertiary/aromatic N) is 4. The second-order valence-corrected chi connectivity index (χ2v) is 8.84. The van der Waals surface area contributed by atoms with E-state index in [1.807, 2.05) is 4.68 Å². The molecule has 31 heavy (non-hydrogen) atoms. The molecule has 1 saturated carbocycles. The van der Waals surface area contributed by atoms with Gasteiger partial charge in [0.05, 0.1) is 17.8 Å². The lowest BCUT2D eigenvalue weighted by Crippen LogP contribution is -2.40. The van der Waals surface area contributed by atoms with Crippen molar-refractivity contribution in [1.82, 2.24) is 19.7 Å². The van der Waals surface area contributed by atoms with E-state index in [-0.39, 0.29) is 18.4 Å². The van der Waals surface area contributed by atoms with Gasteiger partial charge in [-0.05, 0) is 36.0 Å². The predicted molar refractivity (Wildman–Crippen MR) is 113 cm³/mol. The molecule has 4 rings (SSSR count). The summed E-state index contributed by atoms with van der Waals surface area (Å²) in [6, 6.07) is 1.53. The molecule has 2 aliphatic rings. The van der Waals surface area contributed by atoms with Crippen molar-refractivity contribution >= 4 is 5.97 Å². The van der Waals surface area contributed by atoms with E-state index in [1.165, 1.54) is 37.1 Å². The fourth-order valence-electron chi connectivity index (χ4n) is 4.79. The van der Waals surface area contributed by atoms with Crippen LogP contribution >= 0.6 is 0 Å². The first-order valence-corrected chi connectivity index (χ1v) is 11.2. The molecule has 2 fully saturated rings. The minimum atomic E-state index is -2.53. The van der Waals surface area contributed by atoms with Gasteiger partial charge in [-0.15, -0.1) is 0 Å². The van der Waals surface area contributed by atoms with Crippen LogP contribution in [0.1, 0.15) is 78.0 Å². The minimum absolute atomic E-state index is 0.0797. The molecule has 3 heterocycles. The molecule has 0 amide bonds. The Labute approximate surface area is 181 Å². The largest absolute Gasteiger partial charge is 0.478 e. The number of hydrogen-bond donors (Lipinski definition) is 1. The highest BCUT2D eigenvalue weighted by Gasteiger charge is 2.33. The number of pyridine rings is 1. The van der Waals surface area contributed by atoms with E-state index < -0.39 is 11.9 Å². The highest BCUT2D eigenvalue weighted by Crippen LogP contribution is 2.35. The Morgan fingerprint density at radius 1 is 1.16 bits per heavy atom. The summed E-state index contributed by atoms with van der Waals surface area (Å²) in [4.78, 5) is 17.8. The fraction of sp³-hybridized carbons (Fsp3) is 0.609. The van der Waals surface area contributed by atoms with Crippen LogP contribution in [0.2, 0.25) is 0 Å². The van der Waals surface area contributed by atoms with Crippen molar-refractivity contribution in [2.75, 3.05) is 19.6 Å². The van der Waals surface area contributed by atoms with Crippen LogP contribution in [0.3, 0.4) is 0 Å². The number of aromatic nitrogens is 3. The molecule has 0 atom stereocenters. The van der Waals surface area contributed by atoms with Gasteiger partial charge in [0.1, 0.15) is 0 Å². The van der Waals surface area contributed by atoms with Gasteiger partial charge in [0.25, 0.3) is 5.92 Å². The van der Waals surface area contributed by atoms with E-state index in [0.717, 1.165) is 18.5 Å². The Morgan fingerprint density at radius 2 is 1.90 bits per heavy atom. The summed E-state index contributed by atoms with van der Waals surface area (Å²) >= 11 is 0. The quantitative estimate of drug-likeness (QED) is 0.705. The predicted octanol–water partition coefficient (Wildman–Crippen LogP) is 4.35. The molecule has 1 aliphatic heterocycles. The van der Waals surface area contributed by atoms with Crippen LogP contribution in [0.4, 0.5) is 8.78 Å². The number of carboxylic acids is 1. The van der Waals surface area contributed by atoms with Crippen LogP contribution in [-0.4, -0.2) is 56.3 Å². The summed E-state index contributed by atoms with van der Waals surface area (Å²) in [5.74, 6) is -3.05. The van der Waals surface area contributed by atoms with Crippen molar-refractivity contribution in [3.8, 4) is 0 Å². The molecule has 8 heteroatoms. The van der Waals surface area contributed by atoms with Crippen molar-refractivity contribution in [1.29, 1.82) is 0 Å². The van der Waals surface area contributed by atoms with Crippen molar-refractivity contribution in [3.63, 3.8) is 0 Å². The monoisotopic (exact) mass is 432 g/mol. The molecule has 0 unspecified atom stereocenters. The second-order valence-electron chi connectivity index (χ2n) is 8.84. The Hall–Kier alpha value is -2.35. The highest BCUT2D eigenvalue weighted by atomic mass is 19.3. The van der Waals surface area contributed by atoms with E-state index in [2.05, 4.69) is 16.1 Å². The van der Waals surface area contributed by atoms with Crippen LogP contribution < -0.4 is 0 Å². The number of aromatic carboxylic acids is 1. The Balaban J connectivity index is 1.51. The van der Waals surface area contributed by atoms with E-state index in [0.29, 0.717) is 44.1 Å². The molecule has 168 valence electrons. The molecule has 1 saturated heterocycles. The summed E-state index contributed by atoms with van der Waals surface area (Å²) in [5, 5.41) is 14.3. The molecule has 1 N–H and O–H groups in total. The third kappa shape index (κ3) is 5.47. The highest BCUT2D eigenvalue weighted by molar-refractivity contribution is 5.89. The van der Waals surface area contributed by atoms with Gasteiger partial charge in [0.2, 0.25) is 0 Å². The Morgan fingerprint density at radius 3 is 2.61 bits per heavy atom. The van der Waals surface area contributed by atoms with E-state index >= 15 is 0 Å². The van der Waals surface area contributed by atoms with Crippen LogP contribution in [0.5, 0.6) is 0 Å². The topological polar surface area (TPSA) is 71.2 Å². The van der Waals surface area contributed by atoms with Crippen LogP contribution in [0, 0.1) is 0 Å². The maximum absolute atomic E-state index is 13.4. The first kappa shape index (κ1) is 21.9. The molecular formula is C23H30F2N4O2. The zero-order valence-corrected chi connectivity index (χ0v) is 17.8. The number of carbonyl (C=O) groups is 1. The number of carboxylic acid groups (broad SMARTS) is 1. The van der Waals surface area contributed by atoms with Crippen molar-refractivity contribution in [3.05, 3.63) is 47.0 Å². The maximum atomic E-state index is 13.4. The number of alkyl halides is 2. The Bertz CT molecular complexity index is 899. The smallest absolute Gasteiger partial charge is 0.336 e. The average Bonchev–Trinajstić information content (AvgIpc) is 3.16. The number of hydrogen-bond acceptors (Lipinski definition) is 4. The molecule has 6 nitrogen and oxygen atoms in total. The second kappa shape index (κ2) is 9.42.